The monoisotopic (exact) mass is 328 g/mol. The first-order chi connectivity index (χ1) is 10.3. The Balaban J connectivity index is 2.12. The Morgan fingerprint density at radius 3 is 2.59 bits per heavy atom. The fraction of sp³-hybridized carbons (Fsp3) is 0.538. The van der Waals surface area contributed by atoms with E-state index < -0.39 is 14.9 Å². The Bertz CT molecular complexity index is 654. The summed E-state index contributed by atoms with van der Waals surface area (Å²) in [4.78, 5) is 12.5. The number of rotatable bonds is 5. The third-order valence-corrected chi connectivity index (χ3v) is 4.82. The van der Waals surface area contributed by atoms with E-state index in [-0.39, 0.29) is 10.6 Å². The number of nitrogens with one attached hydrogen (secondary N) is 1. The maximum absolute atomic E-state index is 11.3. The van der Waals surface area contributed by atoms with Gasteiger partial charge >= 0.3 is 0 Å². The molecule has 0 radical (unpaired) electrons. The van der Waals surface area contributed by atoms with Crippen LogP contribution >= 0.6 is 0 Å². The number of nitrogens with two attached hydrogens (primary N) is 1. The summed E-state index contributed by atoms with van der Waals surface area (Å²) in [5.74, 6) is 0.453. The van der Waals surface area contributed by atoms with Crippen molar-refractivity contribution in [3.05, 3.63) is 28.3 Å². The summed E-state index contributed by atoms with van der Waals surface area (Å²) in [6, 6.07) is 3.67. The maximum Gasteiger partial charge on any atom is 0.293 e. The van der Waals surface area contributed by atoms with Crippen LogP contribution in [0.4, 0.5) is 11.4 Å². The number of sulfonamides is 1. The van der Waals surface area contributed by atoms with Gasteiger partial charge in [-0.25, -0.2) is 13.6 Å². The van der Waals surface area contributed by atoms with Gasteiger partial charge in [-0.15, -0.1) is 0 Å². The molecule has 0 amide bonds. The summed E-state index contributed by atoms with van der Waals surface area (Å²) in [5.41, 5.74) is 0.0378. The van der Waals surface area contributed by atoms with Crippen molar-refractivity contribution in [3.8, 4) is 0 Å². The average molecular weight is 328 g/mol. The van der Waals surface area contributed by atoms with Crippen LogP contribution in [0.2, 0.25) is 0 Å². The molecular formula is C13H20N4O4S. The maximum atomic E-state index is 11.3. The van der Waals surface area contributed by atoms with Gasteiger partial charge in [0.25, 0.3) is 5.69 Å². The quantitative estimate of drug-likeness (QED) is 0.615. The Hall–Kier alpha value is -1.71. The van der Waals surface area contributed by atoms with Crippen molar-refractivity contribution in [3.63, 3.8) is 0 Å². The molecule has 0 unspecified atom stereocenters. The highest BCUT2D eigenvalue weighted by atomic mass is 32.2. The van der Waals surface area contributed by atoms with Crippen molar-refractivity contribution < 1.29 is 13.3 Å². The van der Waals surface area contributed by atoms with Crippen LogP contribution in [0.5, 0.6) is 0 Å². The van der Waals surface area contributed by atoms with Crippen molar-refractivity contribution >= 4 is 21.4 Å². The molecule has 1 fully saturated rings. The van der Waals surface area contributed by atoms with E-state index in [1.165, 1.54) is 12.1 Å². The molecule has 1 aliphatic heterocycles. The molecule has 1 saturated heterocycles. The Morgan fingerprint density at radius 2 is 2.05 bits per heavy atom. The van der Waals surface area contributed by atoms with E-state index in [2.05, 4.69) is 17.3 Å². The SMILES string of the molecule is CN1CCC(CNc2ccc(S(N)(=O)=O)cc2[N+](=O)[O-])CC1. The summed E-state index contributed by atoms with van der Waals surface area (Å²) in [7, 11) is -1.88. The fourth-order valence-electron chi connectivity index (χ4n) is 2.51. The van der Waals surface area contributed by atoms with E-state index in [1.807, 2.05) is 0 Å². The average Bonchev–Trinajstić information content (AvgIpc) is 2.45. The van der Waals surface area contributed by atoms with Gasteiger partial charge in [0.2, 0.25) is 10.0 Å². The number of benzene rings is 1. The second-order valence-electron chi connectivity index (χ2n) is 5.61. The van der Waals surface area contributed by atoms with E-state index in [4.69, 9.17) is 5.14 Å². The number of hydrogen-bond donors (Lipinski definition) is 2. The van der Waals surface area contributed by atoms with Crippen LogP contribution in [0.3, 0.4) is 0 Å². The van der Waals surface area contributed by atoms with Gasteiger partial charge in [-0.1, -0.05) is 0 Å². The summed E-state index contributed by atoms with van der Waals surface area (Å²) >= 11 is 0. The summed E-state index contributed by atoms with van der Waals surface area (Å²) < 4.78 is 22.6. The number of nitrogens with zero attached hydrogens (tertiary/aromatic N) is 2. The first-order valence-electron chi connectivity index (χ1n) is 7.01. The summed E-state index contributed by atoms with van der Waals surface area (Å²) in [5, 5.41) is 19.2. The van der Waals surface area contributed by atoms with E-state index in [0.29, 0.717) is 18.2 Å². The molecule has 0 aromatic heterocycles. The van der Waals surface area contributed by atoms with Crippen molar-refractivity contribution in [2.45, 2.75) is 17.7 Å². The minimum absolute atomic E-state index is 0.260. The number of hydrogen-bond acceptors (Lipinski definition) is 6. The highest BCUT2D eigenvalue weighted by Gasteiger charge is 2.21. The van der Waals surface area contributed by atoms with Gasteiger partial charge in [-0.3, -0.25) is 10.1 Å². The van der Waals surface area contributed by atoms with Crippen LogP contribution in [0.25, 0.3) is 0 Å². The minimum Gasteiger partial charge on any atom is -0.379 e. The molecular weight excluding hydrogens is 308 g/mol. The highest BCUT2D eigenvalue weighted by molar-refractivity contribution is 7.89. The molecule has 1 aliphatic rings. The Morgan fingerprint density at radius 1 is 1.41 bits per heavy atom. The zero-order valence-corrected chi connectivity index (χ0v) is 13.2. The lowest BCUT2D eigenvalue weighted by Gasteiger charge is -2.29. The molecule has 3 N–H and O–H groups in total. The molecule has 1 aromatic rings. The summed E-state index contributed by atoms with van der Waals surface area (Å²) in [6.07, 6.45) is 2.07. The Kier molecular flexibility index (Phi) is 4.99. The molecule has 9 heteroatoms. The van der Waals surface area contributed by atoms with Gasteiger partial charge in [-0.05, 0) is 51.0 Å². The van der Waals surface area contributed by atoms with Crippen LogP contribution in [0.15, 0.2) is 23.1 Å². The van der Waals surface area contributed by atoms with Crippen LogP contribution in [-0.2, 0) is 10.0 Å². The minimum atomic E-state index is -3.95. The molecule has 1 heterocycles. The van der Waals surface area contributed by atoms with Crippen molar-refractivity contribution in [1.29, 1.82) is 0 Å². The Labute approximate surface area is 129 Å². The first kappa shape index (κ1) is 16.7. The van der Waals surface area contributed by atoms with Gasteiger partial charge in [-0.2, -0.15) is 0 Å². The second kappa shape index (κ2) is 6.59. The van der Waals surface area contributed by atoms with Gasteiger partial charge in [0.15, 0.2) is 0 Å². The van der Waals surface area contributed by atoms with Gasteiger partial charge in [0.1, 0.15) is 5.69 Å². The van der Waals surface area contributed by atoms with E-state index in [0.717, 1.165) is 32.0 Å². The largest absolute Gasteiger partial charge is 0.379 e. The molecule has 122 valence electrons. The molecule has 0 spiro atoms. The predicted octanol–water partition coefficient (Wildman–Crippen LogP) is 0.996. The van der Waals surface area contributed by atoms with E-state index in [9.17, 15) is 18.5 Å². The number of anilines is 1. The van der Waals surface area contributed by atoms with E-state index >= 15 is 0 Å². The molecule has 8 nitrogen and oxygen atoms in total. The zero-order valence-electron chi connectivity index (χ0n) is 12.4. The van der Waals surface area contributed by atoms with Crippen LogP contribution in [0.1, 0.15) is 12.8 Å². The molecule has 1 aromatic carbocycles. The first-order valence-corrected chi connectivity index (χ1v) is 8.55. The van der Waals surface area contributed by atoms with Crippen molar-refractivity contribution in [2.75, 3.05) is 32.0 Å². The molecule has 22 heavy (non-hydrogen) atoms. The van der Waals surface area contributed by atoms with Crippen molar-refractivity contribution in [2.24, 2.45) is 11.1 Å². The third-order valence-electron chi connectivity index (χ3n) is 3.91. The fourth-order valence-corrected chi connectivity index (χ4v) is 3.04. The second-order valence-corrected chi connectivity index (χ2v) is 7.17. The predicted molar refractivity (Wildman–Crippen MR) is 83.2 cm³/mol. The molecule has 0 saturated carbocycles. The van der Waals surface area contributed by atoms with E-state index in [1.54, 1.807) is 0 Å². The third kappa shape index (κ3) is 4.15. The number of likely N-dealkylation sites (tertiary alicyclic amines) is 1. The summed E-state index contributed by atoms with van der Waals surface area (Å²) in [6.45, 7) is 2.65. The zero-order chi connectivity index (χ0) is 16.3. The smallest absolute Gasteiger partial charge is 0.293 e. The lowest BCUT2D eigenvalue weighted by molar-refractivity contribution is -0.384. The molecule has 0 atom stereocenters. The van der Waals surface area contributed by atoms with Gasteiger partial charge in [0, 0.05) is 12.6 Å². The topological polar surface area (TPSA) is 119 Å². The van der Waals surface area contributed by atoms with Crippen LogP contribution < -0.4 is 10.5 Å². The van der Waals surface area contributed by atoms with Crippen LogP contribution in [-0.4, -0.2) is 44.9 Å². The van der Waals surface area contributed by atoms with Crippen molar-refractivity contribution in [1.82, 2.24) is 4.90 Å². The lowest BCUT2D eigenvalue weighted by Crippen LogP contribution is -2.33. The lowest BCUT2D eigenvalue weighted by atomic mass is 9.97. The number of piperidine rings is 1. The molecule has 2 rings (SSSR count). The number of primary sulfonamides is 1. The highest BCUT2D eigenvalue weighted by Crippen LogP contribution is 2.28. The normalized spacial score (nSPS) is 17.4. The number of nitro benzene ring substituents is 1. The standard InChI is InChI=1S/C13H20N4O4S/c1-16-6-4-10(5-7-16)9-15-12-3-2-11(22(14,20)21)8-13(12)17(18)19/h2-3,8,10,15H,4-7,9H2,1H3,(H2,14,20,21). The van der Waals surface area contributed by atoms with Crippen LogP contribution in [0, 0.1) is 16.0 Å². The molecule has 0 aliphatic carbocycles. The number of nitro groups is 1. The van der Waals surface area contributed by atoms with Gasteiger partial charge < -0.3 is 10.2 Å². The molecule has 0 bridgehead atoms. The van der Waals surface area contributed by atoms with Gasteiger partial charge in [0.05, 0.1) is 9.82 Å².